The van der Waals surface area contributed by atoms with E-state index in [1.54, 1.807) is 0 Å². The maximum absolute atomic E-state index is 12.6. The van der Waals surface area contributed by atoms with Crippen molar-refractivity contribution < 1.29 is 22.8 Å². The van der Waals surface area contributed by atoms with E-state index in [0.29, 0.717) is 12.1 Å². The van der Waals surface area contributed by atoms with Crippen LogP contribution in [0.4, 0.5) is 18.9 Å². The zero-order valence-corrected chi connectivity index (χ0v) is 10.4. The Morgan fingerprint density at radius 3 is 2.17 bits per heavy atom. The Morgan fingerprint density at radius 1 is 1.22 bits per heavy atom. The van der Waals surface area contributed by atoms with E-state index in [4.69, 9.17) is 34.8 Å². The Labute approximate surface area is 113 Å². The third-order valence-electron chi connectivity index (χ3n) is 1.71. The number of nitrogens with zero attached hydrogens (tertiary/aromatic N) is 1. The maximum atomic E-state index is 12.6. The number of non-ortho nitro benzene ring substituents is 1. The minimum Gasteiger partial charge on any atom is -0.445 e. The molecule has 100 valence electrons. The summed E-state index contributed by atoms with van der Waals surface area (Å²) in [4.78, 5) is 9.42. The van der Waals surface area contributed by atoms with E-state index < -0.39 is 32.1 Å². The molecule has 1 rings (SSSR count). The Morgan fingerprint density at radius 2 is 1.78 bits per heavy atom. The fraction of sp³-hybridized carbons (Fsp3) is 0.250. The number of halogens is 6. The fourth-order valence-electron chi connectivity index (χ4n) is 1.07. The molecule has 0 N–H and O–H groups in total. The molecule has 10 heteroatoms. The highest BCUT2D eigenvalue weighted by atomic mass is 35.6. The normalized spacial score (nSPS) is 12.3. The van der Waals surface area contributed by atoms with Crippen molar-refractivity contribution >= 4 is 40.5 Å². The van der Waals surface area contributed by atoms with Crippen molar-refractivity contribution in [1.29, 1.82) is 0 Å². The van der Waals surface area contributed by atoms with Gasteiger partial charge in [0.2, 0.25) is 0 Å². The third-order valence-corrected chi connectivity index (χ3v) is 1.94. The molecule has 1 aromatic carbocycles. The van der Waals surface area contributed by atoms with Crippen LogP contribution in [0.3, 0.4) is 0 Å². The molecule has 0 radical (unpaired) electrons. The second-order valence-electron chi connectivity index (χ2n) is 2.98. The summed E-state index contributed by atoms with van der Waals surface area (Å²) >= 11 is 15.6. The highest BCUT2D eigenvalue weighted by Crippen LogP contribution is 2.41. The van der Waals surface area contributed by atoms with E-state index in [0.717, 1.165) is 6.07 Å². The second kappa shape index (κ2) is 4.99. The highest BCUT2D eigenvalue weighted by Gasteiger charge is 2.38. The number of nitro groups is 1. The average molecular weight is 324 g/mol. The third kappa shape index (κ3) is 4.08. The van der Waals surface area contributed by atoms with Crippen molar-refractivity contribution in [3.63, 3.8) is 0 Å². The molecule has 0 aliphatic carbocycles. The van der Waals surface area contributed by atoms with Gasteiger partial charge in [0.05, 0.1) is 4.92 Å². The number of ether oxygens (including phenoxy) is 1. The van der Waals surface area contributed by atoms with Gasteiger partial charge in [0, 0.05) is 12.1 Å². The molecule has 1 aromatic rings. The summed E-state index contributed by atoms with van der Waals surface area (Å²) in [6.45, 7) is 0. The summed E-state index contributed by atoms with van der Waals surface area (Å²) in [5.74, 6) is -0.812. The predicted octanol–water partition coefficient (Wildman–Crippen LogP) is 4.32. The molecule has 0 saturated heterocycles. The van der Waals surface area contributed by atoms with Crippen LogP contribution in [0.15, 0.2) is 18.2 Å². The molecule has 0 amide bonds. The molecule has 0 unspecified atom stereocenters. The first-order valence-corrected chi connectivity index (χ1v) is 5.25. The van der Waals surface area contributed by atoms with Crippen LogP contribution in [0.25, 0.3) is 0 Å². The van der Waals surface area contributed by atoms with Gasteiger partial charge in [-0.2, -0.15) is 13.2 Å². The lowest BCUT2D eigenvalue weighted by molar-refractivity contribution is -0.385. The summed E-state index contributed by atoms with van der Waals surface area (Å²) in [5, 5.41) is 10.4. The lowest BCUT2D eigenvalue weighted by Gasteiger charge is -2.17. The van der Waals surface area contributed by atoms with Crippen molar-refractivity contribution in [3.8, 4) is 5.75 Å². The predicted molar refractivity (Wildman–Crippen MR) is 59.0 cm³/mol. The molecule has 0 spiro atoms. The van der Waals surface area contributed by atoms with Crippen molar-refractivity contribution in [2.45, 2.75) is 10.2 Å². The van der Waals surface area contributed by atoms with E-state index >= 15 is 0 Å². The van der Waals surface area contributed by atoms with Crippen molar-refractivity contribution in [1.82, 2.24) is 0 Å². The van der Waals surface area contributed by atoms with Crippen LogP contribution in [0.1, 0.15) is 5.56 Å². The van der Waals surface area contributed by atoms with E-state index in [-0.39, 0.29) is 0 Å². The molecular formula is C8H3Cl3F3NO3. The average Bonchev–Trinajstić information content (AvgIpc) is 2.13. The molecule has 0 aromatic heterocycles. The molecule has 0 saturated carbocycles. The number of hydrogen-bond donors (Lipinski definition) is 0. The van der Waals surface area contributed by atoms with Gasteiger partial charge >= 0.3 is 10.2 Å². The van der Waals surface area contributed by atoms with Gasteiger partial charge in [-0.1, -0.05) is 0 Å². The molecule has 0 fully saturated rings. The standard InChI is InChI=1S/C8H3Cl3F3NO3/c9-8(10,11)18-6-2-1-4(15(16)17)3-5(6)7(12,13)14/h1-3H. The summed E-state index contributed by atoms with van der Waals surface area (Å²) < 4.78 is 39.9. The van der Waals surface area contributed by atoms with Gasteiger partial charge in [-0.05, 0) is 40.9 Å². The van der Waals surface area contributed by atoms with Crippen molar-refractivity contribution in [3.05, 3.63) is 33.9 Å². The van der Waals surface area contributed by atoms with Gasteiger partial charge in [-0.3, -0.25) is 10.1 Å². The van der Waals surface area contributed by atoms with Gasteiger partial charge in [-0.15, -0.1) is 0 Å². The SMILES string of the molecule is O=[N+]([O-])c1ccc(OC(Cl)(Cl)Cl)c(C(F)(F)F)c1. The van der Waals surface area contributed by atoms with E-state index in [1.807, 2.05) is 0 Å². The first-order valence-electron chi connectivity index (χ1n) is 4.12. The monoisotopic (exact) mass is 323 g/mol. The second-order valence-corrected chi connectivity index (χ2v) is 5.16. The molecule has 0 atom stereocenters. The first kappa shape index (κ1) is 15.1. The van der Waals surface area contributed by atoms with Crippen molar-refractivity contribution in [2.24, 2.45) is 0 Å². The zero-order chi connectivity index (χ0) is 14.1. The van der Waals surface area contributed by atoms with E-state index in [9.17, 15) is 23.3 Å². The fourth-order valence-corrected chi connectivity index (χ4v) is 1.32. The summed E-state index contributed by atoms with van der Waals surface area (Å²) in [7, 11) is 0. The summed E-state index contributed by atoms with van der Waals surface area (Å²) in [5.41, 5.74) is -2.15. The number of nitro benzene ring substituents is 1. The van der Waals surface area contributed by atoms with Crippen molar-refractivity contribution in [2.75, 3.05) is 0 Å². The molecule has 0 aliphatic heterocycles. The quantitative estimate of drug-likeness (QED) is 0.462. The van der Waals surface area contributed by atoms with E-state index in [1.165, 1.54) is 0 Å². The van der Waals surface area contributed by atoms with Gasteiger partial charge in [0.25, 0.3) is 5.69 Å². The minimum atomic E-state index is -4.88. The van der Waals surface area contributed by atoms with Gasteiger partial charge in [0.15, 0.2) is 0 Å². The number of alkyl halides is 6. The van der Waals surface area contributed by atoms with Crippen LogP contribution in [-0.4, -0.2) is 8.90 Å². The lowest BCUT2D eigenvalue weighted by Crippen LogP contribution is -2.17. The molecule has 18 heavy (non-hydrogen) atoms. The first-order chi connectivity index (χ1) is 8.00. The molecule has 0 aliphatic rings. The summed E-state index contributed by atoms with van der Waals surface area (Å²) in [6.07, 6.45) is -4.88. The number of rotatable bonds is 2. The van der Waals surface area contributed by atoms with Crippen LogP contribution in [-0.2, 0) is 6.18 Å². The molecule has 4 nitrogen and oxygen atoms in total. The zero-order valence-electron chi connectivity index (χ0n) is 8.17. The molecular weight excluding hydrogens is 321 g/mol. The van der Waals surface area contributed by atoms with Crippen LogP contribution in [0, 0.1) is 10.1 Å². The number of hydrogen-bond acceptors (Lipinski definition) is 3. The van der Waals surface area contributed by atoms with Gasteiger partial charge in [0.1, 0.15) is 11.3 Å². The smallest absolute Gasteiger partial charge is 0.420 e. The largest absolute Gasteiger partial charge is 0.445 e. The minimum absolute atomic E-state index is 0.297. The maximum Gasteiger partial charge on any atom is 0.420 e. The van der Waals surface area contributed by atoms with Crippen LogP contribution < -0.4 is 4.74 Å². The highest BCUT2D eigenvalue weighted by molar-refractivity contribution is 6.66. The van der Waals surface area contributed by atoms with Gasteiger partial charge < -0.3 is 4.74 Å². The Bertz CT molecular complexity index is 473. The Hall–Kier alpha value is -0.920. The van der Waals surface area contributed by atoms with Crippen LogP contribution in [0.2, 0.25) is 0 Å². The van der Waals surface area contributed by atoms with E-state index in [2.05, 4.69) is 4.74 Å². The topological polar surface area (TPSA) is 52.4 Å². The van der Waals surface area contributed by atoms with Gasteiger partial charge in [-0.25, -0.2) is 0 Å². The molecule has 0 heterocycles. The molecule has 0 bridgehead atoms. The summed E-state index contributed by atoms with van der Waals surface area (Å²) in [6, 6.07) is 1.82. The van der Waals surface area contributed by atoms with Crippen LogP contribution >= 0.6 is 34.8 Å². The Kier molecular flexibility index (Phi) is 4.19. The Balaban J connectivity index is 3.30. The van der Waals surface area contributed by atoms with Crippen LogP contribution in [0.5, 0.6) is 5.75 Å². The number of benzene rings is 1. The lowest BCUT2D eigenvalue weighted by atomic mass is 10.1.